The van der Waals surface area contributed by atoms with Crippen molar-refractivity contribution >= 4 is 9.84 Å². The quantitative estimate of drug-likeness (QED) is 0.683. The molecule has 2 N–H and O–H groups in total. The van der Waals surface area contributed by atoms with Gasteiger partial charge in [0.2, 0.25) is 0 Å². The Kier molecular flexibility index (Phi) is 7.28. The van der Waals surface area contributed by atoms with Gasteiger partial charge >= 0.3 is 0 Å². The first kappa shape index (κ1) is 16.9. The zero-order chi connectivity index (χ0) is 14.3. The number of piperazine rings is 1. The number of sulfone groups is 1. The first-order chi connectivity index (χ1) is 8.96. The summed E-state index contributed by atoms with van der Waals surface area (Å²) in [6, 6.07) is 0. The van der Waals surface area contributed by atoms with Gasteiger partial charge in [-0.2, -0.15) is 0 Å². The molecule has 5 nitrogen and oxygen atoms in total. The second-order valence-electron chi connectivity index (χ2n) is 5.57. The molecule has 1 unspecified atom stereocenters. The van der Waals surface area contributed by atoms with E-state index < -0.39 is 9.84 Å². The van der Waals surface area contributed by atoms with E-state index in [0.717, 1.165) is 52.2 Å². The molecule has 1 rings (SSSR count). The van der Waals surface area contributed by atoms with Crippen LogP contribution in [0.15, 0.2) is 0 Å². The third kappa shape index (κ3) is 6.70. The maximum Gasteiger partial charge on any atom is 0.150 e. The van der Waals surface area contributed by atoms with Gasteiger partial charge in [-0.1, -0.05) is 13.8 Å². The van der Waals surface area contributed by atoms with E-state index in [1.54, 1.807) is 6.92 Å². The number of nitrogens with two attached hydrogens (primary N) is 1. The molecule has 0 amide bonds. The van der Waals surface area contributed by atoms with Crippen molar-refractivity contribution in [3.05, 3.63) is 0 Å². The average Bonchev–Trinajstić information content (AvgIpc) is 2.40. The molecule has 1 heterocycles. The summed E-state index contributed by atoms with van der Waals surface area (Å²) < 4.78 is 22.8. The van der Waals surface area contributed by atoms with Crippen LogP contribution in [0.4, 0.5) is 0 Å². The molecular formula is C13H29N3O2S. The van der Waals surface area contributed by atoms with Gasteiger partial charge in [0.05, 0.1) is 5.75 Å². The SMILES string of the molecule is CCS(=O)(=O)CCCN1CCN(CC(C)CN)CC1. The maximum absolute atomic E-state index is 11.4. The number of hydrogen-bond donors (Lipinski definition) is 1. The Labute approximate surface area is 118 Å². The zero-order valence-corrected chi connectivity index (χ0v) is 13.2. The molecule has 114 valence electrons. The molecule has 0 radical (unpaired) electrons. The lowest BCUT2D eigenvalue weighted by Crippen LogP contribution is -2.48. The maximum atomic E-state index is 11.4. The molecule has 1 aliphatic heterocycles. The molecular weight excluding hydrogens is 262 g/mol. The van der Waals surface area contributed by atoms with Crippen molar-refractivity contribution in [3.63, 3.8) is 0 Å². The molecule has 0 aliphatic carbocycles. The van der Waals surface area contributed by atoms with Crippen LogP contribution in [0.2, 0.25) is 0 Å². The van der Waals surface area contributed by atoms with Crippen molar-refractivity contribution in [2.24, 2.45) is 11.7 Å². The minimum atomic E-state index is -2.80. The molecule has 0 aromatic heterocycles. The van der Waals surface area contributed by atoms with Gasteiger partial charge < -0.3 is 15.5 Å². The third-order valence-electron chi connectivity index (χ3n) is 3.81. The van der Waals surface area contributed by atoms with Crippen molar-refractivity contribution in [1.29, 1.82) is 0 Å². The van der Waals surface area contributed by atoms with Crippen LogP contribution in [-0.4, -0.2) is 75.5 Å². The van der Waals surface area contributed by atoms with Gasteiger partial charge in [0.25, 0.3) is 0 Å². The van der Waals surface area contributed by atoms with Gasteiger partial charge in [0, 0.05) is 38.5 Å². The van der Waals surface area contributed by atoms with E-state index in [4.69, 9.17) is 5.73 Å². The van der Waals surface area contributed by atoms with Crippen LogP contribution in [0.5, 0.6) is 0 Å². The highest BCUT2D eigenvalue weighted by atomic mass is 32.2. The predicted molar refractivity (Wildman–Crippen MR) is 80.0 cm³/mol. The van der Waals surface area contributed by atoms with Gasteiger partial charge in [0.15, 0.2) is 0 Å². The molecule has 1 saturated heterocycles. The minimum absolute atomic E-state index is 0.262. The second-order valence-corrected chi connectivity index (χ2v) is 8.05. The summed E-state index contributed by atoms with van der Waals surface area (Å²) >= 11 is 0. The van der Waals surface area contributed by atoms with E-state index in [0.29, 0.717) is 11.7 Å². The normalized spacial score (nSPS) is 20.6. The largest absolute Gasteiger partial charge is 0.330 e. The van der Waals surface area contributed by atoms with Crippen molar-refractivity contribution < 1.29 is 8.42 Å². The van der Waals surface area contributed by atoms with E-state index in [9.17, 15) is 8.42 Å². The van der Waals surface area contributed by atoms with E-state index in [-0.39, 0.29) is 5.75 Å². The Bertz CT molecular complexity index is 338. The Hall–Kier alpha value is -0.170. The Morgan fingerprint density at radius 3 is 2.26 bits per heavy atom. The summed E-state index contributed by atoms with van der Waals surface area (Å²) in [5.74, 6) is 1.15. The first-order valence-corrected chi connectivity index (χ1v) is 9.14. The van der Waals surface area contributed by atoms with Crippen LogP contribution < -0.4 is 5.73 Å². The van der Waals surface area contributed by atoms with Gasteiger partial charge in [-0.15, -0.1) is 0 Å². The summed E-state index contributed by atoms with van der Waals surface area (Å²) in [6.45, 7) is 10.9. The molecule has 0 spiro atoms. The highest BCUT2D eigenvalue weighted by molar-refractivity contribution is 7.91. The zero-order valence-electron chi connectivity index (χ0n) is 12.3. The molecule has 1 fully saturated rings. The van der Waals surface area contributed by atoms with Gasteiger partial charge in [0.1, 0.15) is 9.84 Å². The second kappa shape index (κ2) is 8.19. The average molecular weight is 291 g/mol. The Morgan fingerprint density at radius 2 is 1.74 bits per heavy atom. The summed E-state index contributed by atoms with van der Waals surface area (Å²) in [7, 11) is -2.80. The minimum Gasteiger partial charge on any atom is -0.330 e. The molecule has 1 aliphatic rings. The van der Waals surface area contributed by atoms with Crippen LogP contribution in [0.1, 0.15) is 20.3 Å². The number of hydrogen-bond acceptors (Lipinski definition) is 5. The molecule has 1 atom stereocenters. The van der Waals surface area contributed by atoms with Crippen LogP contribution in [0.3, 0.4) is 0 Å². The summed E-state index contributed by atoms with van der Waals surface area (Å²) in [6.07, 6.45) is 0.759. The highest BCUT2D eigenvalue weighted by Gasteiger charge is 2.18. The lowest BCUT2D eigenvalue weighted by Gasteiger charge is -2.35. The fourth-order valence-corrected chi connectivity index (χ4v) is 3.22. The topological polar surface area (TPSA) is 66.6 Å². The van der Waals surface area contributed by atoms with E-state index in [2.05, 4.69) is 16.7 Å². The molecule has 6 heteroatoms. The number of rotatable bonds is 8. The lowest BCUT2D eigenvalue weighted by atomic mass is 10.1. The van der Waals surface area contributed by atoms with Crippen LogP contribution in [0, 0.1) is 5.92 Å². The molecule has 0 aromatic carbocycles. The third-order valence-corrected chi connectivity index (χ3v) is 5.60. The first-order valence-electron chi connectivity index (χ1n) is 7.32. The monoisotopic (exact) mass is 291 g/mol. The van der Waals surface area contributed by atoms with Crippen molar-refractivity contribution in [2.45, 2.75) is 20.3 Å². The van der Waals surface area contributed by atoms with Crippen molar-refractivity contribution in [1.82, 2.24) is 9.80 Å². The fourth-order valence-electron chi connectivity index (χ4n) is 2.36. The predicted octanol–water partition coefficient (Wildman–Crippen LogP) is 0.0236. The standard InChI is InChI=1S/C13H29N3O2S/c1-3-19(17,18)10-4-5-15-6-8-16(9-7-15)12-13(2)11-14/h13H,3-12,14H2,1-2H3. The highest BCUT2D eigenvalue weighted by Crippen LogP contribution is 2.06. The van der Waals surface area contributed by atoms with E-state index >= 15 is 0 Å². The number of nitrogens with zero attached hydrogens (tertiary/aromatic N) is 2. The molecule has 0 aromatic rings. The van der Waals surface area contributed by atoms with Gasteiger partial charge in [-0.05, 0) is 25.4 Å². The van der Waals surface area contributed by atoms with E-state index in [1.165, 1.54) is 0 Å². The smallest absolute Gasteiger partial charge is 0.150 e. The fraction of sp³-hybridized carbons (Fsp3) is 1.00. The molecule has 0 saturated carbocycles. The Morgan fingerprint density at radius 1 is 1.16 bits per heavy atom. The van der Waals surface area contributed by atoms with Crippen LogP contribution >= 0.6 is 0 Å². The van der Waals surface area contributed by atoms with Crippen molar-refractivity contribution in [2.75, 3.05) is 57.3 Å². The van der Waals surface area contributed by atoms with E-state index in [1.807, 2.05) is 0 Å². The van der Waals surface area contributed by atoms with Crippen LogP contribution in [-0.2, 0) is 9.84 Å². The van der Waals surface area contributed by atoms with Crippen molar-refractivity contribution in [3.8, 4) is 0 Å². The molecule has 0 bridgehead atoms. The van der Waals surface area contributed by atoms with Gasteiger partial charge in [-0.25, -0.2) is 8.42 Å². The summed E-state index contributed by atoms with van der Waals surface area (Å²) in [5, 5.41) is 0. The summed E-state index contributed by atoms with van der Waals surface area (Å²) in [4.78, 5) is 4.83. The lowest BCUT2D eigenvalue weighted by molar-refractivity contribution is 0.121. The molecule has 19 heavy (non-hydrogen) atoms. The summed E-state index contributed by atoms with van der Waals surface area (Å²) in [5.41, 5.74) is 5.64. The van der Waals surface area contributed by atoms with Crippen LogP contribution in [0.25, 0.3) is 0 Å². The van der Waals surface area contributed by atoms with Gasteiger partial charge in [-0.3, -0.25) is 0 Å². The Balaban J connectivity index is 2.17.